The Morgan fingerprint density at radius 3 is 2.75 bits per heavy atom. The van der Waals surface area contributed by atoms with E-state index in [2.05, 4.69) is 26.9 Å². The zero-order chi connectivity index (χ0) is 16.7. The Morgan fingerprint density at radius 2 is 1.96 bits per heavy atom. The number of likely N-dealkylation sites (tertiary alicyclic amines) is 1. The van der Waals surface area contributed by atoms with Gasteiger partial charge in [-0.25, -0.2) is 0 Å². The number of aryl methyl sites for hydroxylation is 2. The topological polar surface area (TPSA) is 55.4 Å². The van der Waals surface area contributed by atoms with E-state index in [1.807, 2.05) is 47.5 Å². The van der Waals surface area contributed by atoms with E-state index in [0.717, 1.165) is 42.2 Å². The molecule has 0 bridgehead atoms. The number of hydrogen-bond donors (Lipinski definition) is 0. The molecule has 24 heavy (non-hydrogen) atoms. The highest BCUT2D eigenvalue weighted by Crippen LogP contribution is 2.31. The van der Waals surface area contributed by atoms with Gasteiger partial charge < -0.3 is 9.47 Å². The molecule has 4 heterocycles. The van der Waals surface area contributed by atoms with Crippen LogP contribution in [0.25, 0.3) is 5.65 Å². The van der Waals surface area contributed by atoms with E-state index in [4.69, 9.17) is 0 Å². The van der Waals surface area contributed by atoms with Crippen LogP contribution in [0.1, 0.15) is 36.1 Å². The average molecular weight is 323 g/mol. The largest absolute Gasteiger partial charge is 0.340 e. The SMILES string of the molecule is Cc1ccc(C)n1CC(=O)N1CCC[C@H]1c1nnc2ccccn12. The minimum Gasteiger partial charge on any atom is -0.340 e. The summed E-state index contributed by atoms with van der Waals surface area (Å²) in [5.41, 5.74) is 3.05. The zero-order valence-corrected chi connectivity index (χ0v) is 14.0. The molecule has 3 aromatic rings. The summed E-state index contributed by atoms with van der Waals surface area (Å²) in [4.78, 5) is 14.9. The number of aromatic nitrogens is 4. The zero-order valence-electron chi connectivity index (χ0n) is 14.0. The highest BCUT2D eigenvalue weighted by molar-refractivity contribution is 5.77. The molecular weight excluding hydrogens is 302 g/mol. The monoisotopic (exact) mass is 323 g/mol. The Kier molecular flexibility index (Phi) is 3.59. The van der Waals surface area contributed by atoms with Gasteiger partial charge in [0.2, 0.25) is 5.91 Å². The molecule has 0 spiro atoms. The van der Waals surface area contributed by atoms with Crippen molar-refractivity contribution >= 4 is 11.6 Å². The summed E-state index contributed by atoms with van der Waals surface area (Å²) < 4.78 is 4.06. The Balaban J connectivity index is 1.62. The Labute approximate surface area is 140 Å². The van der Waals surface area contributed by atoms with Crippen molar-refractivity contribution in [2.24, 2.45) is 0 Å². The Morgan fingerprint density at radius 1 is 1.17 bits per heavy atom. The standard InChI is InChI=1S/C18H21N5O/c1-13-8-9-14(2)23(13)12-17(24)21-11-5-6-15(21)18-20-19-16-7-3-4-10-22(16)18/h3-4,7-10,15H,5-6,11-12H2,1-2H3/t15-/m0/s1. The molecule has 0 aliphatic carbocycles. The number of carbonyl (C=O) groups excluding carboxylic acids is 1. The van der Waals surface area contributed by atoms with Crippen molar-refractivity contribution in [3.63, 3.8) is 0 Å². The third-order valence-electron chi connectivity index (χ3n) is 4.92. The van der Waals surface area contributed by atoms with Crippen molar-refractivity contribution in [3.8, 4) is 0 Å². The number of rotatable bonds is 3. The lowest BCUT2D eigenvalue weighted by Crippen LogP contribution is -2.34. The van der Waals surface area contributed by atoms with Crippen LogP contribution in [-0.2, 0) is 11.3 Å². The van der Waals surface area contributed by atoms with Gasteiger partial charge in [0, 0.05) is 24.1 Å². The molecule has 1 atom stereocenters. The molecule has 1 aliphatic rings. The van der Waals surface area contributed by atoms with Crippen LogP contribution in [0.15, 0.2) is 36.5 Å². The van der Waals surface area contributed by atoms with Crippen molar-refractivity contribution in [2.75, 3.05) is 6.54 Å². The second-order valence-electron chi connectivity index (χ2n) is 6.43. The molecule has 0 N–H and O–H groups in total. The van der Waals surface area contributed by atoms with Crippen LogP contribution in [-0.4, -0.2) is 36.5 Å². The highest BCUT2D eigenvalue weighted by atomic mass is 16.2. The first-order valence-electron chi connectivity index (χ1n) is 8.37. The smallest absolute Gasteiger partial charge is 0.243 e. The molecule has 1 fully saturated rings. The van der Waals surface area contributed by atoms with Gasteiger partial charge in [0.05, 0.1) is 6.04 Å². The molecule has 6 nitrogen and oxygen atoms in total. The van der Waals surface area contributed by atoms with Gasteiger partial charge in [-0.15, -0.1) is 10.2 Å². The second-order valence-corrected chi connectivity index (χ2v) is 6.43. The van der Waals surface area contributed by atoms with E-state index in [9.17, 15) is 4.79 Å². The maximum absolute atomic E-state index is 12.9. The van der Waals surface area contributed by atoms with Crippen molar-refractivity contribution in [1.29, 1.82) is 0 Å². The summed E-state index contributed by atoms with van der Waals surface area (Å²) in [6.45, 7) is 5.24. The fourth-order valence-electron chi connectivity index (χ4n) is 3.60. The number of amides is 1. The lowest BCUT2D eigenvalue weighted by molar-refractivity contribution is -0.133. The summed E-state index contributed by atoms with van der Waals surface area (Å²) in [7, 11) is 0. The summed E-state index contributed by atoms with van der Waals surface area (Å²) in [5.74, 6) is 1.00. The van der Waals surface area contributed by atoms with Gasteiger partial charge in [0.15, 0.2) is 11.5 Å². The van der Waals surface area contributed by atoms with Gasteiger partial charge in [-0.3, -0.25) is 9.20 Å². The van der Waals surface area contributed by atoms with Gasteiger partial charge in [-0.1, -0.05) is 6.07 Å². The maximum atomic E-state index is 12.9. The summed E-state index contributed by atoms with van der Waals surface area (Å²) in [6.07, 6.45) is 3.90. The van der Waals surface area contributed by atoms with Gasteiger partial charge in [-0.05, 0) is 51.0 Å². The molecule has 4 rings (SSSR count). The normalized spacial score (nSPS) is 17.8. The van der Waals surface area contributed by atoms with Crippen molar-refractivity contribution in [1.82, 2.24) is 24.1 Å². The van der Waals surface area contributed by atoms with Gasteiger partial charge >= 0.3 is 0 Å². The summed E-state index contributed by atoms with van der Waals surface area (Å²) >= 11 is 0. The third-order valence-corrected chi connectivity index (χ3v) is 4.92. The summed E-state index contributed by atoms with van der Waals surface area (Å²) in [6, 6.07) is 9.96. The molecule has 1 amide bonds. The van der Waals surface area contributed by atoms with Crippen LogP contribution in [0.3, 0.4) is 0 Å². The Bertz CT molecular complexity index is 874. The van der Waals surface area contributed by atoms with E-state index < -0.39 is 0 Å². The van der Waals surface area contributed by atoms with Crippen molar-refractivity contribution < 1.29 is 4.79 Å². The lowest BCUT2D eigenvalue weighted by atomic mass is 10.2. The second kappa shape index (κ2) is 5.78. The van der Waals surface area contributed by atoms with Crippen LogP contribution in [0, 0.1) is 13.8 Å². The Hall–Kier alpha value is -2.63. The highest BCUT2D eigenvalue weighted by Gasteiger charge is 2.33. The number of nitrogens with zero attached hydrogens (tertiary/aromatic N) is 5. The van der Waals surface area contributed by atoms with Crippen LogP contribution in [0.5, 0.6) is 0 Å². The molecule has 0 radical (unpaired) electrons. The molecule has 0 saturated carbocycles. The molecular formula is C18H21N5O. The summed E-state index contributed by atoms with van der Waals surface area (Å²) in [5, 5.41) is 8.59. The first kappa shape index (κ1) is 14.9. The predicted molar refractivity (Wildman–Crippen MR) is 90.6 cm³/mol. The van der Waals surface area contributed by atoms with E-state index >= 15 is 0 Å². The average Bonchev–Trinajstić information content (AvgIpc) is 3.28. The van der Waals surface area contributed by atoms with Gasteiger partial charge in [0.1, 0.15) is 6.54 Å². The van der Waals surface area contributed by atoms with E-state index in [-0.39, 0.29) is 11.9 Å². The molecule has 6 heteroatoms. The van der Waals surface area contributed by atoms with Gasteiger partial charge in [-0.2, -0.15) is 0 Å². The number of fused-ring (bicyclic) bond motifs is 1. The number of hydrogen-bond acceptors (Lipinski definition) is 3. The van der Waals surface area contributed by atoms with E-state index in [0.29, 0.717) is 6.54 Å². The fraction of sp³-hybridized carbons (Fsp3) is 0.389. The minimum atomic E-state index is 0.00562. The van der Waals surface area contributed by atoms with Crippen LogP contribution in [0.4, 0.5) is 0 Å². The number of carbonyl (C=O) groups is 1. The van der Waals surface area contributed by atoms with E-state index in [1.54, 1.807) is 0 Å². The molecule has 1 aliphatic heterocycles. The number of pyridine rings is 1. The molecule has 0 unspecified atom stereocenters. The lowest BCUT2D eigenvalue weighted by Gasteiger charge is -2.24. The van der Waals surface area contributed by atoms with Gasteiger partial charge in [0.25, 0.3) is 0 Å². The van der Waals surface area contributed by atoms with Crippen LogP contribution >= 0.6 is 0 Å². The minimum absolute atomic E-state index is 0.00562. The molecule has 124 valence electrons. The third kappa shape index (κ3) is 2.38. The quantitative estimate of drug-likeness (QED) is 0.744. The van der Waals surface area contributed by atoms with Crippen LogP contribution < -0.4 is 0 Å². The first-order valence-corrected chi connectivity index (χ1v) is 8.37. The van der Waals surface area contributed by atoms with Crippen LogP contribution in [0.2, 0.25) is 0 Å². The van der Waals surface area contributed by atoms with Crippen molar-refractivity contribution in [2.45, 2.75) is 39.3 Å². The maximum Gasteiger partial charge on any atom is 0.243 e. The molecule has 0 aromatic carbocycles. The molecule has 3 aromatic heterocycles. The fourth-order valence-corrected chi connectivity index (χ4v) is 3.60. The van der Waals surface area contributed by atoms with E-state index in [1.165, 1.54) is 0 Å². The van der Waals surface area contributed by atoms with Crippen molar-refractivity contribution in [3.05, 3.63) is 53.7 Å². The predicted octanol–water partition coefficient (Wildman–Crippen LogP) is 2.51. The first-order chi connectivity index (χ1) is 11.6. The molecule has 1 saturated heterocycles.